The molecule has 32 heavy (non-hydrogen) atoms. The number of aromatic nitrogens is 3. The lowest BCUT2D eigenvalue weighted by atomic mass is 10.0. The van der Waals surface area contributed by atoms with Crippen molar-refractivity contribution < 1.29 is 0 Å². The van der Waals surface area contributed by atoms with E-state index in [1.165, 1.54) is 33.2 Å². The van der Waals surface area contributed by atoms with Crippen molar-refractivity contribution in [1.29, 1.82) is 0 Å². The van der Waals surface area contributed by atoms with E-state index in [0.29, 0.717) is 0 Å². The monoisotopic (exact) mass is 419 g/mol. The minimum absolute atomic E-state index is 0.908. The highest BCUT2D eigenvalue weighted by atomic mass is 15.5. The molecule has 0 saturated carbocycles. The smallest absolute Gasteiger partial charge is 0.121 e. The second-order valence-electron chi connectivity index (χ2n) is 7.88. The van der Waals surface area contributed by atoms with Gasteiger partial charge in [0.25, 0.3) is 0 Å². The first-order chi connectivity index (χ1) is 15.6. The van der Waals surface area contributed by atoms with E-state index >= 15 is 0 Å². The highest BCUT2D eigenvalue weighted by Gasteiger charge is 2.09. The van der Waals surface area contributed by atoms with Gasteiger partial charge in [-0.2, -0.15) is 4.80 Å². The molecule has 0 spiro atoms. The summed E-state index contributed by atoms with van der Waals surface area (Å²) in [5.74, 6) is 0. The Kier molecular flexibility index (Phi) is 6.18. The van der Waals surface area contributed by atoms with E-state index in [1.54, 1.807) is 4.80 Å². The zero-order valence-electron chi connectivity index (χ0n) is 19.4. The number of hydrogen-bond donors (Lipinski definition) is 0. The van der Waals surface area contributed by atoms with E-state index in [9.17, 15) is 0 Å². The van der Waals surface area contributed by atoms with Gasteiger partial charge in [0.15, 0.2) is 0 Å². The maximum Gasteiger partial charge on any atom is 0.121 e. The summed E-state index contributed by atoms with van der Waals surface area (Å²) in [6.07, 6.45) is 4.36. The van der Waals surface area contributed by atoms with Crippen molar-refractivity contribution in [2.45, 2.75) is 34.6 Å². The Bertz CT molecular complexity index is 1420. The van der Waals surface area contributed by atoms with Crippen molar-refractivity contribution in [2.75, 3.05) is 0 Å². The van der Waals surface area contributed by atoms with Gasteiger partial charge in [-0.3, -0.25) is 0 Å². The maximum atomic E-state index is 4.78. The van der Waals surface area contributed by atoms with E-state index in [1.807, 2.05) is 32.0 Å². The molecule has 0 unspecified atom stereocenters. The van der Waals surface area contributed by atoms with Crippen LogP contribution in [-0.2, 0) is 0 Å². The molecule has 0 aliphatic rings. The lowest BCUT2D eigenvalue weighted by Crippen LogP contribution is -1.99. The maximum absolute atomic E-state index is 4.78. The number of nitrogens with zero attached hydrogens (tertiary/aromatic N) is 3. The molecular weight excluding hydrogens is 390 g/mol. The van der Waals surface area contributed by atoms with Crippen LogP contribution < -0.4 is 0 Å². The molecule has 0 saturated heterocycles. The Labute approximate surface area is 190 Å². The third-order valence-electron chi connectivity index (χ3n) is 5.63. The van der Waals surface area contributed by atoms with Crippen LogP contribution in [0.25, 0.3) is 39.6 Å². The van der Waals surface area contributed by atoms with Crippen LogP contribution in [0.1, 0.15) is 41.7 Å². The molecule has 5 aromatic rings. The van der Waals surface area contributed by atoms with Gasteiger partial charge in [0.1, 0.15) is 11.0 Å². The fraction of sp³-hybridized carbons (Fsp3) is 0.172. The van der Waals surface area contributed by atoms with Crippen LogP contribution in [0.4, 0.5) is 0 Å². The zero-order chi connectivity index (χ0) is 22.7. The molecule has 3 heteroatoms. The minimum atomic E-state index is 0.908. The Balaban J connectivity index is 0.00000119. The van der Waals surface area contributed by atoms with Crippen LogP contribution in [0.3, 0.4) is 0 Å². The van der Waals surface area contributed by atoms with Gasteiger partial charge in [0.05, 0.1) is 5.69 Å². The van der Waals surface area contributed by atoms with Gasteiger partial charge >= 0.3 is 0 Å². The fourth-order valence-corrected chi connectivity index (χ4v) is 3.93. The molecule has 0 fully saturated rings. The van der Waals surface area contributed by atoms with Crippen molar-refractivity contribution in [2.24, 2.45) is 0 Å². The van der Waals surface area contributed by atoms with Crippen LogP contribution in [0.5, 0.6) is 0 Å². The van der Waals surface area contributed by atoms with Crippen LogP contribution in [0.15, 0.2) is 72.8 Å². The Morgan fingerprint density at radius 1 is 0.688 bits per heavy atom. The highest BCUT2D eigenvalue weighted by Crippen LogP contribution is 2.24. The van der Waals surface area contributed by atoms with Gasteiger partial charge in [-0.15, -0.1) is 10.2 Å². The lowest BCUT2D eigenvalue weighted by molar-refractivity contribution is 0.765. The van der Waals surface area contributed by atoms with E-state index in [4.69, 9.17) is 10.2 Å². The molecule has 1 aromatic heterocycles. The van der Waals surface area contributed by atoms with E-state index in [2.05, 4.69) is 87.5 Å². The average molecular weight is 420 g/mol. The molecule has 4 aromatic carbocycles. The number of aryl methyl sites for hydroxylation is 3. The SMILES string of the molecule is CC.Cc1ccc(C=Cc2ccc(-n3nc4ccc5ccccc5c4n3)cc2C)c(C)c1. The lowest BCUT2D eigenvalue weighted by Gasteiger charge is -2.06. The average Bonchev–Trinajstić information content (AvgIpc) is 3.25. The molecule has 0 bridgehead atoms. The first-order valence-electron chi connectivity index (χ1n) is 11.2. The summed E-state index contributed by atoms with van der Waals surface area (Å²) in [5.41, 5.74) is 9.03. The Morgan fingerprint density at radius 2 is 1.38 bits per heavy atom. The number of benzene rings is 4. The van der Waals surface area contributed by atoms with Crippen LogP contribution >= 0.6 is 0 Å². The van der Waals surface area contributed by atoms with Crippen LogP contribution in [-0.4, -0.2) is 15.0 Å². The molecule has 0 amide bonds. The normalized spacial score (nSPS) is 11.2. The molecule has 5 rings (SSSR count). The summed E-state index contributed by atoms with van der Waals surface area (Å²) in [6.45, 7) is 10.4. The molecular formula is C29H29N3. The van der Waals surface area contributed by atoms with E-state index in [0.717, 1.165) is 22.1 Å². The largest absolute Gasteiger partial charge is 0.150 e. The van der Waals surface area contributed by atoms with Gasteiger partial charge in [0.2, 0.25) is 0 Å². The third-order valence-corrected chi connectivity index (χ3v) is 5.63. The molecule has 0 aliphatic heterocycles. The van der Waals surface area contributed by atoms with Crippen LogP contribution in [0, 0.1) is 20.8 Å². The molecule has 3 nitrogen and oxygen atoms in total. The Hall–Kier alpha value is -3.72. The zero-order valence-corrected chi connectivity index (χ0v) is 19.4. The molecule has 0 N–H and O–H groups in total. The number of hydrogen-bond acceptors (Lipinski definition) is 2. The quantitative estimate of drug-likeness (QED) is 0.281. The van der Waals surface area contributed by atoms with Gasteiger partial charge in [-0.1, -0.05) is 86.2 Å². The summed E-state index contributed by atoms with van der Waals surface area (Å²) >= 11 is 0. The summed E-state index contributed by atoms with van der Waals surface area (Å²) in [5, 5.41) is 11.8. The summed E-state index contributed by atoms with van der Waals surface area (Å²) in [7, 11) is 0. The van der Waals surface area contributed by atoms with E-state index in [-0.39, 0.29) is 0 Å². The van der Waals surface area contributed by atoms with Crippen molar-refractivity contribution in [1.82, 2.24) is 15.0 Å². The van der Waals surface area contributed by atoms with E-state index < -0.39 is 0 Å². The van der Waals surface area contributed by atoms with Crippen molar-refractivity contribution >= 4 is 34.0 Å². The van der Waals surface area contributed by atoms with Gasteiger partial charge < -0.3 is 0 Å². The predicted octanol–water partition coefficient (Wildman–Crippen LogP) is 7.70. The van der Waals surface area contributed by atoms with Gasteiger partial charge in [0, 0.05) is 5.39 Å². The van der Waals surface area contributed by atoms with Crippen molar-refractivity contribution in [3.05, 3.63) is 101 Å². The molecule has 0 atom stereocenters. The third kappa shape index (κ3) is 4.19. The van der Waals surface area contributed by atoms with Gasteiger partial charge in [-0.05, 0) is 66.6 Å². The standard InChI is InChI=1S/C27H23N3.C2H6/c1-18-8-9-21(19(2)16-18)10-11-22-12-14-24(17-20(22)3)30-28-26-15-13-23-6-4-5-7-25(23)27(26)29-30;1-2/h4-17H,1-3H3;1-2H3. The summed E-state index contributed by atoms with van der Waals surface area (Å²) < 4.78 is 0. The second kappa shape index (κ2) is 9.19. The Morgan fingerprint density at radius 3 is 2.09 bits per heavy atom. The first kappa shape index (κ1) is 21.5. The first-order valence-corrected chi connectivity index (χ1v) is 11.2. The second-order valence-corrected chi connectivity index (χ2v) is 7.88. The number of fused-ring (bicyclic) bond motifs is 3. The predicted molar refractivity (Wildman–Crippen MR) is 137 cm³/mol. The van der Waals surface area contributed by atoms with Crippen molar-refractivity contribution in [3.63, 3.8) is 0 Å². The topological polar surface area (TPSA) is 30.7 Å². The van der Waals surface area contributed by atoms with Crippen LogP contribution in [0.2, 0.25) is 0 Å². The highest BCUT2D eigenvalue weighted by molar-refractivity contribution is 6.03. The fourth-order valence-electron chi connectivity index (χ4n) is 3.93. The molecule has 0 radical (unpaired) electrons. The molecule has 160 valence electrons. The summed E-state index contributed by atoms with van der Waals surface area (Å²) in [6, 6.07) is 25.3. The summed E-state index contributed by atoms with van der Waals surface area (Å²) in [4.78, 5) is 1.74. The van der Waals surface area contributed by atoms with Gasteiger partial charge in [-0.25, -0.2) is 0 Å². The number of rotatable bonds is 3. The minimum Gasteiger partial charge on any atom is -0.150 e. The van der Waals surface area contributed by atoms with Crippen molar-refractivity contribution in [3.8, 4) is 5.69 Å². The molecule has 0 aliphatic carbocycles. The molecule has 1 heterocycles.